The van der Waals surface area contributed by atoms with Gasteiger partial charge in [0.25, 0.3) is 0 Å². The van der Waals surface area contributed by atoms with Gasteiger partial charge in [0, 0.05) is 6.07 Å². The number of anilines is 1. The van der Waals surface area contributed by atoms with Gasteiger partial charge >= 0.3 is 18.0 Å². The summed E-state index contributed by atoms with van der Waals surface area (Å²) in [6.45, 7) is 0. The lowest BCUT2D eigenvalue weighted by Gasteiger charge is -2.18. The number of alkyl halides is 5. The molecule has 1 aromatic heterocycles. The Morgan fingerprint density at radius 1 is 1.17 bits per heavy atom. The minimum absolute atomic E-state index is 0.333. The van der Waals surface area contributed by atoms with Crippen molar-refractivity contribution in [2.24, 2.45) is 0 Å². The summed E-state index contributed by atoms with van der Waals surface area (Å²) >= 11 is 10.6. The van der Waals surface area contributed by atoms with Crippen molar-refractivity contribution in [3.8, 4) is 0 Å². The Bertz CT molecular complexity index is 458. The van der Waals surface area contributed by atoms with Crippen LogP contribution in [-0.2, 0) is 4.79 Å². The summed E-state index contributed by atoms with van der Waals surface area (Å²) in [6.07, 6.45) is -6.02. The topological polar surface area (TPSA) is 54.9 Å². The third kappa shape index (κ3) is 3.16. The van der Waals surface area contributed by atoms with Crippen LogP contribution in [-0.4, -0.2) is 28.0 Å². The van der Waals surface area contributed by atoms with Gasteiger partial charge in [-0.1, -0.05) is 11.6 Å². The molecule has 0 bridgehead atoms. The molecule has 0 aliphatic heterocycles. The summed E-state index contributed by atoms with van der Waals surface area (Å²) < 4.78 is 60.7. The zero-order valence-corrected chi connectivity index (χ0v) is 9.54. The Morgan fingerprint density at radius 2 is 1.72 bits per heavy atom. The van der Waals surface area contributed by atoms with Gasteiger partial charge in [-0.05, 0) is 11.6 Å². The first-order chi connectivity index (χ1) is 8.04. The van der Waals surface area contributed by atoms with Crippen molar-refractivity contribution in [3.63, 3.8) is 0 Å². The summed E-state index contributed by atoms with van der Waals surface area (Å²) in [5.74, 6) is -8.83. The largest absolute Gasteiger partial charge is 0.463 e. The van der Waals surface area contributed by atoms with Crippen LogP contribution < -0.4 is 5.32 Å². The quantitative estimate of drug-likeness (QED) is 0.519. The fourth-order valence-corrected chi connectivity index (χ4v) is 1.19. The molecular formula is C7H2Cl2F5N3O. The van der Waals surface area contributed by atoms with Gasteiger partial charge in [0.15, 0.2) is 0 Å². The number of nitrogens with zero attached hydrogens (tertiary/aromatic N) is 2. The van der Waals surface area contributed by atoms with E-state index in [2.05, 4.69) is 9.97 Å². The maximum absolute atomic E-state index is 12.6. The number of carbonyl (C=O) groups is 1. The molecule has 100 valence electrons. The smallest absolute Gasteiger partial charge is 0.305 e. The van der Waals surface area contributed by atoms with E-state index in [1.54, 1.807) is 0 Å². The monoisotopic (exact) mass is 309 g/mol. The molecule has 1 heterocycles. The molecule has 0 aromatic carbocycles. The van der Waals surface area contributed by atoms with Crippen LogP contribution in [0, 0.1) is 0 Å². The van der Waals surface area contributed by atoms with Gasteiger partial charge in [-0.25, -0.2) is 9.97 Å². The summed E-state index contributed by atoms with van der Waals surface area (Å²) in [6, 6.07) is 0.762. The van der Waals surface area contributed by atoms with Crippen LogP contribution in [0.5, 0.6) is 0 Å². The zero-order chi connectivity index (χ0) is 14.1. The normalized spacial score (nSPS) is 12.4. The van der Waals surface area contributed by atoms with Gasteiger partial charge in [-0.2, -0.15) is 22.0 Å². The van der Waals surface area contributed by atoms with Crippen molar-refractivity contribution >= 4 is 34.9 Å². The highest BCUT2D eigenvalue weighted by molar-refractivity contribution is 6.32. The number of rotatable bonds is 2. The van der Waals surface area contributed by atoms with E-state index in [9.17, 15) is 26.7 Å². The average molecular weight is 310 g/mol. The Kier molecular flexibility index (Phi) is 3.96. The SMILES string of the molecule is O=C(Nc1cc(Cl)nc(Cl)n1)C(F)(F)C(F)(F)F. The average Bonchev–Trinajstić information content (AvgIpc) is 2.13. The second kappa shape index (κ2) is 4.81. The summed E-state index contributed by atoms with van der Waals surface area (Å²) in [7, 11) is 0. The van der Waals surface area contributed by atoms with E-state index in [4.69, 9.17) is 23.2 Å². The van der Waals surface area contributed by atoms with E-state index in [1.165, 1.54) is 5.32 Å². The number of halogens is 7. The van der Waals surface area contributed by atoms with Gasteiger partial charge in [0.2, 0.25) is 5.28 Å². The number of hydrogen-bond acceptors (Lipinski definition) is 3. The molecule has 1 rings (SSSR count). The zero-order valence-electron chi connectivity index (χ0n) is 8.03. The van der Waals surface area contributed by atoms with Crippen LogP contribution in [0.1, 0.15) is 0 Å². The summed E-state index contributed by atoms with van der Waals surface area (Å²) in [5.41, 5.74) is 0. The molecule has 0 saturated heterocycles. The third-order valence-corrected chi connectivity index (χ3v) is 1.91. The highest BCUT2D eigenvalue weighted by Crippen LogP contribution is 2.36. The Morgan fingerprint density at radius 3 is 2.17 bits per heavy atom. The highest BCUT2D eigenvalue weighted by atomic mass is 35.5. The number of carbonyl (C=O) groups excluding carboxylic acids is 1. The van der Waals surface area contributed by atoms with Crippen LogP contribution >= 0.6 is 23.2 Å². The minimum atomic E-state index is -6.02. The number of aromatic nitrogens is 2. The van der Waals surface area contributed by atoms with E-state index >= 15 is 0 Å². The van der Waals surface area contributed by atoms with Crippen molar-refractivity contribution < 1.29 is 26.7 Å². The highest BCUT2D eigenvalue weighted by Gasteiger charge is 2.63. The number of amides is 1. The maximum atomic E-state index is 12.6. The maximum Gasteiger partial charge on any atom is 0.463 e. The molecule has 18 heavy (non-hydrogen) atoms. The molecule has 11 heteroatoms. The Balaban J connectivity index is 2.95. The first-order valence-corrected chi connectivity index (χ1v) is 4.75. The van der Waals surface area contributed by atoms with Crippen LogP contribution in [0.2, 0.25) is 10.4 Å². The van der Waals surface area contributed by atoms with E-state index < -0.39 is 29.1 Å². The molecule has 0 saturated carbocycles. The predicted molar refractivity (Wildman–Crippen MR) is 51.7 cm³/mol. The Hall–Kier alpha value is -1.22. The second-order valence-corrected chi connectivity index (χ2v) is 3.60. The van der Waals surface area contributed by atoms with Crippen molar-refractivity contribution in [1.29, 1.82) is 0 Å². The molecule has 1 amide bonds. The fourth-order valence-electron chi connectivity index (χ4n) is 0.777. The predicted octanol–water partition coefficient (Wildman–Crippen LogP) is 2.92. The standard InChI is InChI=1S/C7H2Cl2F5N3O/c8-2-1-3(17-5(9)15-2)16-4(18)6(10,11)7(12,13)14/h1H,(H,15,16,17,18). The molecule has 0 aliphatic carbocycles. The van der Waals surface area contributed by atoms with E-state index in [0.29, 0.717) is 0 Å². The van der Waals surface area contributed by atoms with E-state index in [0.717, 1.165) is 6.07 Å². The van der Waals surface area contributed by atoms with Crippen LogP contribution in [0.15, 0.2) is 6.07 Å². The van der Waals surface area contributed by atoms with Gasteiger partial charge in [0.05, 0.1) is 0 Å². The first-order valence-electron chi connectivity index (χ1n) is 4.00. The van der Waals surface area contributed by atoms with E-state index in [-0.39, 0.29) is 5.15 Å². The van der Waals surface area contributed by atoms with Crippen LogP contribution in [0.25, 0.3) is 0 Å². The number of nitrogens with one attached hydrogen (secondary N) is 1. The van der Waals surface area contributed by atoms with Gasteiger partial charge in [-0.15, -0.1) is 0 Å². The number of hydrogen-bond donors (Lipinski definition) is 1. The van der Waals surface area contributed by atoms with Crippen molar-refractivity contribution in [2.75, 3.05) is 5.32 Å². The molecule has 1 N–H and O–H groups in total. The lowest BCUT2D eigenvalue weighted by molar-refractivity contribution is -0.267. The van der Waals surface area contributed by atoms with Crippen molar-refractivity contribution in [2.45, 2.75) is 12.1 Å². The molecule has 0 aliphatic rings. The second-order valence-electron chi connectivity index (χ2n) is 2.87. The molecule has 4 nitrogen and oxygen atoms in total. The van der Waals surface area contributed by atoms with Gasteiger partial charge < -0.3 is 5.32 Å². The lowest BCUT2D eigenvalue weighted by Crippen LogP contribution is -2.47. The van der Waals surface area contributed by atoms with Gasteiger partial charge in [0.1, 0.15) is 11.0 Å². The lowest BCUT2D eigenvalue weighted by atomic mass is 10.3. The first kappa shape index (κ1) is 14.8. The molecule has 0 fully saturated rings. The summed E-state index contributed by atoms with van der Waals surface area (Å²) in [4.78, 5) is 17.3. The summed E-state index contributed by atoms with van der Waals surface area (Å²) in [5, 5.41) is 0.388. The molecule has 0 radical (unpaired) electrons. The molecule has 0 atom stereocenters. The van der Waals surface area contributed by atoms with Crippen LogP contribution in [0.4, 0.5) is 27.8 Å². The molecule has 1 aromatic rings. The van der Waals surface area contributed by atoms with Crippen molar-refractivity contribution in [3.05, 3.63) is 16.5 Å². The van der Waals surface area contributed by atoms with E-state index in [1.807, 2.05) is 0 Å². The third-order valence-electron chi connectivity index (χ3n) is 1.55. The minimum Gasteiger partial charge on any atom is -0.305 e. The molecular weight excluding hydrogens is 308 g/mol. The van der Waals surface area contributed by atoms with Crippen LogP contribution in [0.3, 0.4) is 0 Å². The Labute approximate surface area is 106 Å². The molecule has 0 spiro atoms. The molecule has 0 unspecified atom stereocenters. The van der Waals surface area contributed by atoms with Crippen molar-refractivity contribution in [1.82, 2.24) is 9.97 Å². The van der Waals surface area contributed by atoms with Gasteiger partial charge in [-0.3, -0.25) is 4.79 Å². The fraction of sp³-hybridized carbons (Fsp3) is 0.286.